The molecular weight excluding hydrogens is 262 g/mol. The summed E-state index contributed by atoms with van der Waals surface area (Å²) in [5.41, 5.74) is -0.161. The first-order chi connectivity index (χ1) is 9.60. The fourth-order valence-electron chi connectivity index (χ4n) is 1.67. The van der Waals surface area contributed by atoms with E-state index in [0.29, 0.717) is 11.5 Å². The first kappa shape index (κ1) is 13.7. The number of aromatic nitrogens is 3. The molecule has 2 heterocycles. The Morgan fingerprint density at radius 2 is 2.25 bits per heavy atom. The van der Waals surface area contributed by atoms with Gasteiger partial charge in [0, 0.05) is 6.54 Å². The number of nitro groups is 1. The zero-order valence-electron chi connectivity index (χ0n) is 10.8. The van der Waals surface area contributed by atoms with Gasteiger partial charge in [-0.3, -0.25) is 14.7 Å². The standard InChI is InChI=1S/C12H13N5O3/c1-2-13-11-5-3-4-9(15-11)7-16-8-10(17(19)20)6-14-12(16)18/h3-6,8H,2,7H2,1H3,(H,13,15). The van der Waals surface area contributed by atoms with Gasteiger partial charge in [-0.25, -0.2) is 9.78 Å². The van der Waals surface area contributed by atoms with Crippen LogP contribution < -0.4 is 11.0 Å². The normalized spacial score (nSPS) is 10.2. The van der Waals surface area contributed by atoms with E-state index in [0.717, 1.165) is 23.5 Å². The Bertz CT molecular complexity index is 683. The molecule has 2 aromatic heterocycles. The van der Waals surface area contributed by atoms with Crippen LogP contribution in [0.1, 0.15) is 12.6 Å². The first-order valence-electron chi connectivity index (χ1n) is 6.01. The lowest BCUT2D eigenvalue weighted by Gasteiger charge is -2.07. The number of rotatable bonds is 5. The zero-order chi connectivity index (χ0) is 14.5. The predicted octanol–water partition coefficient (Wildman–Crippen LogP) is 1.03. The van der Waals surface area contributed by atoms with Crippen LogP contribution in [0.3, 0.4) is 0 Å². The van der Waals surface area contributed by atoms with Crippen molar-refractivity contribution < 1.29 is 4.92 Å². The van der Waals surface area contributed by atoms with Gasteiger partial charge in [0.1, 0.15) is 12.0 Å². The summed E-state index contributed by atoms with van der Waals surface area (Å²) in [5.74, 6) is 0.691. The first-order valence-corrected chi connectivity index (χ1v) is 6.01. The molecule has 0 saturated heterocycles. The highest BCUT2D eigenvalue weighted by Gasteiger charge is 2.09. The van der Waals surface area contributed by atoms with Crippen LogP contribution in [0.25, 0.3) is 0 Å². The van der Waals surface area contributed by atoms with Crippen molar-refractivity contribution in [2.75, 3.05) is 11.9 Å². The van der Waals surface area contributed by atoms with Crippen molar-refractivity contribution in [3.8, 4) is 0 Å². The molecule has 2 aromatic rings. The summed E-state index contributed by atoms with van der Waals surface area (Å²) in [6.45, 7) is 2.81. The van der Waals surface area contributed by atoms with Crippen molar-refractivity contribution in [2.24, 2.45) is 0 Å². The SMILES string of the molecule is CCNc1cccc(Cn2cc([N+](=O)[O-])cnc2=O)n1. The molecule has 0 fully saturated rings. The highest BCUT2D eigenvalue weighted by atomic mass is 16.6. The molecule has 104 valence electrons. The Kier molecular flexibility index (Phi) is 4.04. The van der Waals surface area contributed by atoms with Gasteiger partial charge in [-0.1, -0.05) is 6.07 Å². The average molecular weight is 275 g/mol. The summed E-state index contributed by atoms with van der Waals surface area (Å²) < 4.78 is 1.16. The van der Waals surface area contributed by atoms with E-state index < -0.39 is 10.6 Å². The van der Waals surface area contributed by atoms with Crippen LogP contribution in [0, 0.1) is 10.1 Å². The molecule has 8 nitrogen and oxygen atoms in total. The van der Waals surface area contributed by atoms with Crippen molar-refractivity contribution >= 4 is 11.5 Å². The van der Waals surface area contributed by atoms with Crippen molar-refractivity contribution in [1.82, 2.24) is 14.5 Å². The third-order valence-corrected chi connectivity index (χ3v) is 2.55. The molecule has 0 saturated carbocycles. The topological polar surface area (TPSA) is 103 Å². The summed E-state index contributed by atoms with van der Waals surface area (Å²) >= 11 is 0. The van der Waals surface area contributed by atoms with Gasteiger partial charge < -0.3 is 5.32 Å². The highest BCUT2D eigenvalue weighted by molar-refractivity contribution is 5.35. The van der Waals surface area contributed by atoms with Gasteiger partial charge in [0.15, 0.2) is 0 Å². The average Bonchev–Trinajstić information content (AvgIpc) is 2.42. The Labute approximate surface area is 114 Å². The quantitative estimate of drug-likeness (QED) is 0.645. The number of anilines is 1. The van der Waals surface area contributed by atoms with Crippen molar-refractivity contribution in [1.29, 1.82) is 0 Å². The molecule has 0 aliphatic rings. The second-order valence-corrected chi connectivity index (χ2v) is 4.02. The minimum absolute atomic E-state index is 0.132. The van der Waals surface area contributed by atoms with Gasteiger partial charge in [-0.2, -0.15) is 4.98 Å². The molecule has 20 heavy (non-hydrogen) atoms. The molecule has 0 amide bonds. The number of hydrogen-bond acceptors (Lipinski definition) is 6. The second-order valence-electron chi connectivity index (χ2n) is 4.02. The van der Waals surface area contributed by atoms with E-state index in [1.807, 2.05) is 13.0 Å². The van der Waals surface area contributed by atoms with Gasteiger partial charge in [0.05, 0.1) is 23.4 Å². The van der Waals surface area contributed by atoms with Crippen LogP contribution in [0.15, 0.2) is 35.4 Å². The minimum Gasteiger partial charge on any atom is -0.370 e. The van der Waals surface area contributed by atoms with Crippen LogP contribution >= 0.6 is 0 Å². The van der Waals surface area contributed by atoms with Crippen molar-refractivity contribution in [2.45, 2.75) is 13.5 Å². The molecule has 0 aliphatic heterocycles. The molecule has 0 atom stereocenters. The van der Waals surface area contributed by atoms with E-state index in [2.05, 4.69) is 15.3 Å². The van der Waals surface area contributed by atoms with E-state index in [4.69, 9.17) is 0 Å². The van der Waals surface area contributed by atoms with E-state index in [-0.39, 0.29) is 12.2 Å². The maximum absolute atomic E-state index is 11.6. The number of pyridine rings is 1. The molecule has 0 aromatic carbocycles. The Balaban J connectivity index is 2.29. The molecule has 2 rings (SSSR count). The van der Waals surface area contributed by atoms with Crippen LogP contribution in [-0.4, -0.2) is 26.0 Å². The smallest absolute Gasteiger partial charge is 0.348 e. The van der Waals surface area contributed by atoms with Crippen LogP contribution in [-0.2, 0) is 6.54 Å². The van der Waals surface area contributed by atoms with E-state index in [9.17, 15) is 14.9 Å². The van der Waals surface area contributed by atoms with Crippen LogP contribution in [0.4, 0.5) is 11.5 Å². The molecule has 8 heteroatoms. The van der Waals surface area contributed by atoms with E-state index in [1.54, 1.807) is 12.1 Å². The van der Waals surface area contributed by atoms with Gasteiger partial charge in [0.25, 0.3) is 0 Å². The summed E-state index contributed by atoms with van der Waals surface area (Å²) in [7, 11) is 0. The molecule has 1 N–H and O–H groups in total. The minimum atomic E-state index is -0.592. The Morgan fingerprint density at radius 1 is 1.45 bits per heavy atom. The molecule has 0 unspecified atom stereocenters. The molecular formula is C12H13N5O3. The third-order valence-electron chi connectivity index (χ3n) is 2.55. The summed E-state index contributed by atoms with van der Waals surface area (Å²) in [6, 6.07) is 5.35. The maximum Gasteiger partial charge on any atom is 0.348 e. The van der Waals surface area contributed by atoms with E-state index >= 15 is 0 Å². The third kappa shape index (κ3) is 3.16. The highest BCUT2D eigenvalue weighted by Crippen LogP contribution is 2.08. The maximum atomic E-state index is 11.6. The van der Waals surface area contributed by atoms with Crippen molar-refractivity contribution in [3.63, 3.8) is 0 Å². The Morgan fingerprint density at radius 3 is 2.95 bits per heavy atom. The number of nitrogens with one attached hydrogen (secondary N) is 1. The van der Waals surface area contributed by atoms with Crippen molar-refractivity contribution in [3.05, 3.63) is 56.9 Å². The molecule has 0 radical (unpaired) electrons. The molecule has 0 spiro atoms. The summed E-state index contributed by atoms with van der Waals surface area (Å²) in [4.78, 5) is 29.5. The van der Waals surface area contributed by atoms with Crippen LogP contribution in [0.5, 0.6) is 0 Å². The zero-order valence-corrected chi connectivity index (χ0v) is 10.8. The Hall–Kier alpha value is -2.77. The van der Waals surface area contributed by atoms with Gasteiger partial charge in [-0.15, -0.1) is 0 Å². The lowest BCUT2D eigenvalue weighted by atomic mass is 10.3. The molecule has 0 bridgehead atoms. The fourth-order valence-corrected chi connectivity index (χ4v) is 1.67. The lowest BCUT2D eigenvalue weighted by Crippen LogP contribution is -2.23. The largest absolute Gasteiger partial charge is 0.370 e. The summed E-state index contributed by atoms with van der Waals surface area (Å²) in [6.07, 6.45) is 2.11. The predicted molar refractivity (Wildman–Crippen MR) is 72.7 cm³/mol. The monoisotopic (exact) mass is 275 g/mol. The summed E-state index contributed by atoms with van der Waals surface area (Å²) in [5, 5.41) is 13.7. The van der Waals surface area contributed by atoms with Gasteiger partial charge in [0.2, 0.25) is 0 Å². The van der Waals surface area contributed by atoms with E-state index in [1.165, 1.54) is 0 Å². The second kappa shape index (κ2) is 5.91. The fraction of sp³-hybridized carbons (Fsp3) is 0.250. The lowest BCUT2D eigenvalue weighted by molar-refractivity contribution is -0.385. The number of hydrogen-bond donors (Lipinski definition) is 1. The van der Waals surface area contributed by atoms with Gasteiger partial charge >= 0.3 is 11.4 Å². The molecule has 0 aliphatic carbocycles. The number of nitrogens with zero attached hydrogens (tertiary/aromatic N) is 4. The van der Waals surface area contributed by atoms with Crippen LogP contribution in [0.2, 0.25) is 0 Å². The van der Waals surface area contributed by atoms with Gasteiger partial charge in [-0.05, 0) is 19.1 Å².